The summed E-state index contributed by atoms with van der Waals surface area (Å²) >= 11 is 1.51. The van der Waals surface area contributed by atoms with E-state index in [1.54, 1.807) is 11.7 Å². The molecular formula is C13H20N4OS. The molecule has 0 radical (unpaired) electrons. The summed E-state index contributed by atoms with van der Waals surface area (Å²) in [4.78, 5) is 9.40. The van der Waals surface area contributed by atoms with E-state index in [2.05, 4.69) is 48.1 Å². The molecule has 0 bridgehead atoms. The van der Waals surface area contributed by atoms with Gasteiger partial charge in [-0.05, 0) is 12.0 Å². The van der Waals surface area contributed by atoms with Crippen molar-refractivity contribution in [1.82, 2.24) is 20.4 Å². The quantitative estimate of drug-likeness (QED) is 0.912. The summed E-state index contributed by atoms with van der Waals surface area (Å²) in [5.41, 5.74) is 1.91. The van der Waals surface area contributed by atoms with Crippen LogP contribution in [0.25, 0.3) is 10.7 Å². The van der Waals surface area contributed by atoms with Crippen molar-refractivity contribution >= 4 is 11.3 Å². The lowest BCUT2D eigenvalue weighted by Crippen LogP contribution is -2.41. The molecule has 0 aliphatic carbocycles. The number of nitrogens with zero attached hydrogens (tertiary/aromatic N) is 3. The molecule has 0 saturated heterocycles. The van der Waals surface area contributed by atoms with Crippen molar-refractivity contribution in [2.24, 2.45) is 5.41 Å². The summed E-state index contributed by atoms with van der Waals surface area (Å²) < 4.78 is 5.34. The first-order valence-corrected chi connectivity index (χ1v) is 7.33. The predicted octanol–water partition coefficient (Wildman–Crippen LogP) is 2.76. The van der Waals surface area contributed by atoms with E-state index in [0.717, 1.165) is 17.8 Å². The standard InChI is InChI=1S/C13H20N4OS/c1-5-15-10(13(2,3)4)6-11-16-12(17-18-11)9-7-14-8-19-9/h7-8,10,15H,5-6H2,1-4H3. The minimum atomic E-state index is 0.148. The highest BCUT2D eigenvalue weighted by atomic mass is 32.1. The number of thiazole rings is 1. The molecule has 0 saturated carbocycles. The third-order valence-corrected chi connectivity index (χ3v) is 3.76. The van der Waals surface area contributed by atoms with Crippen molar-refractivity contribution in [2.45, 2.75) is 40.2 Å². The molecular weight excluding hydrogens is 260 g/mol. The third kappa shape index (κ3) is 3.61. The van der Waals surface area contributed by atoms with Gasteiger partial charge in [-0.25, -0.2) is 0 Å². The van der Waals surface area contributed by atoms with E-state index >= 15 is 0 Å². The molecule has 2 rings (SSSR count). The molecule has 0 spiro atoms. The van der Waals surface area contributed by atoms with Crippen LogP contribution in [0.2, 0.25) is 0 Å². The zero-order chi connectivity index (χ0) is 13.9. The van der Waals surface area contributed by atoms with Gasteiger partial charge in [0.15, 0.2) is 0 Å². The first kappa shape index (κ1) is 14.1. The van der Waals surface area contributed by atoms with Gasteiger partial charge in [0.25, 0.3) is 0 Å². The summed E-state index contributed by atoms with van der Waals surface area (Å²) in [6, 6.07) is 0.312. The maximum Gasteiger partial charge on any atom is 0.228 e. The normalized spacial score (nSPS) is 13.7. The Hall–Kier alpha value is -1.27. The van der Waals surface area contributed by atoms with E-state index in [1.165, 1.54) is 11.3 Å². The Kier molecular flexibility index (Phi) is 4.31. The van der Waals surface area contributed by atoms with E-state index in [1.807, 2.05) is 0 Å². The maximum atomic E-state index is 5.34. The van der Waals surface area contributed by atoms with Gasteiger partial charge in [0.05, 0.1) is 10.4 Å². The van der Waals surface area contributed by atoms with E-state index in [9.17, 15) is 0 Å². The third-order valence-electron chi connectivity index (χ3n) is 3.00. The summed E-state index contributed by atoms with van der Waals surface area (Å²) in [7, 11) is 0. The van der Waals surface area contributed by atoms with Crippen LogP contribution in [0.5, 0.6) is 0 Å². The van der Waals surface area contributed by atoms with Crippen molar-refractivity contribution in [3.63, 3.8) is 0 Å². The minimum Gasteiger partial charge on any atom is -0.339 e. The number of hydrogen-bond donors (Lipinski definition) is 1. The summed E-state index contributed by atoms with van der Waals surface area (Å²) in [6.07, 6.45) is 2.49. The molecule has 2 aromatic rings. The van der Waals surface area contributed by atoms with Gasteiger partial charge in [-0.15, -0.1) is 11.3 Å². The Morgan fingerprint density at radius 2 is 2.21 bits per heavy atom. The molecule has 0 aliphatic rings. The minimum absolute atomic E-state index is 0.148. The lowest BCUT2D eigenvalue weighted by Gasteiger charge is -2.30. The lowest BCUT2D eigenvalue weighted by atomic mass is 9.84. The van der Waals surface area contributed by atoms with Gasteiger partial charge >= 0.3 is 0 Å². The molecule has 1 atom stereocenters. The van der Waals surface area contributed by atoms with E-state index < -0.39 is 0 Å². The molecule has 1 N–H and O–H groups in total. The highest BCUT2D eigenvalue weighted by Gasteiger charge is 2.26. The Bertz CT molecular complexity index is 501. The molecule has 2 aromatic heterocycles. The highest BCUT2D eigenvalue weighted by Crippen LogP contribution is 2.24. The zero-order valence-corrected chi connectivity index (χ0v) is 12.6. The van der Waals surface area contributed by atoms with Crippen LogP contribution in [-0.4, -0.2) is 27.7 Å². The molecule has 0 aliphatic heterocycles. The molecule has 104 valence electrons. The van der Waals surface area contributed by atoms with E-state index in [-0.39, 0.29) is 5.41 Å². The number of nitrogens with one attached hydrogen (secondary N) is 1. The van der Waals surface area contributed by atoms with Crippen molar-refractivity contribution in [3.8, 4) is 10.7 Å². The fraction of sp³-hybridized carbons (Fsp3) is 0.615. The van der Waals surface area contributed by atoms with Gasteiger partial charge in [0.2, 0.25) is 11.7 Å². The summed E-state index contributed by atoms with van der Waals surface area (Å²) in [5, 5.41) is 7.49. The van der Waals surface area contributed by atoms with Crippen molar-refractivity contribution in [1.29, 1.82) is 0 Å². The molecule has 0 aromatic carbocycles. The first-order chi connectivity index (χ1) is 9.00. The number of rotatable bonds is 5. The lowest BCUT2D eigenvalue weighted by molar-refractivity contribution is 0.247. The van der Waals surface area contributed by atoms with Gasteiger partial charge in [-0.1, -0.05) is 32.9 Å². The van der Waals surface area contributed by atoms with Crippen LogP contribution in [0, 0.1) is 5.41 Å². The topological polar surface area (TPSA) is 63.8 Å². The molecule has 6 heteroatoms. The average molecular weight is 280 g/mol. The van der Waals surface area contributed by atoms with Crippen LogP contribution < -0.4 is 5.32 Å². The maximum absolute atomic E-state index is 5.34. The number of likely N-dealkylation sites (N-methyl/N-ethyl adjacent to an activating group) is 1. The average Bonchev–Trinajstić information content (AvgIpc) is 2.97. The van der Waals surface area contributed by atoms with Crippen molar-refractivity contribution in [3.05, 3.63) is 17.6 Å². The molecule has 1 unspecified atom stereocenters. The Balaban J connectivity index is 2.10. The van der Waals surface area contributed by atoms with Crippen LogP contribution >= 0.6 is 11.3 Å². The van der Waals surface area contributed by atoms with Crippen molar-refractivity contribution in [2.75, 3.05) is 6.54 Å². The first-order valence-electron chi connectivity index (χ1n) is 6.45. The summed E-state index contributed by atoms with van der Waals surface area (Å²) in [5.74, 6) is 1.30. The van der Waals surface area contributed by atoms with Crippen LogP contribution in [0.3, 0.4) is 0 Å². The number of aromatic nitrogens is 3. The van der Waals surface area contributed by atoms with Gasteiger partial charge in [0, 0.05) is 18.7 Å². The fourth-order valence-corrected chi connectivity index (χ4v) is 2.41. The van der Waals surface area contributed by atoms with Crippen molar-refractivity contribution < 1.29 is 4.52 Å². The molecule has 5 nitrogen and oxygen atoms in total. The SMILES string of the molecule is CCNC(Cc1nc(-c2cncs2)no1)C(C)(C)C. The monoisotopic (exact) mass is 280 g/mol. The molecule has 2 heterocycles. The predicted molar refractivity (Wildman–Crippen MR) is 76.0 cm³/mol. The van der Waals surface area contributed by atoms with Crippen LogP contribution in [0.4, 0.5) is 0 Å². The van der Waals surface area contributed by atoms with Crippen LogP contribution in [-0.2, 0) is 6.42 Å². The van der Waals surface area contributed by atoms with Gasteiger partial charge in [0.1, 0.15) is 0 Å². The highest BCUT2D eigenvalue weighted by molar-refractivity contribution is 7.13. The second kappa shape index (κ2) is 5.79. The zero-order valence-electron chi connectivity index (χ0n) is 11.8. The van der Waals surface area contributed by atoms with Gasteiger partial charge in [-0.2, -0.15) is 4.98 Å². The van der Waals surface area contributed by atoms with Crippen LogP contribution in [0.1, 0.15) is 33.6 Å². The van der Waals surface area contributed by atoms with Gasteiger partial charge in [-0.3, -0.25) is 4.98 Å². The molecule has 0 amide bonds. The van der Waals surface area contributed by atoms with E-state index in [0.29, 0.717) is 17.8 Å². The summed E-state index contributed by atoms with van der Waals surface area (Å²) in [6.45, 7) is 9.66. The molecule has 19 heavy (non-hydrogen) atoms. The Morgan fingerprint density at radius 3 is 2.79 bits per heavy atom. The van der Waals surface area contributed by atoms with E-state index in [4.69, 9.17) is 4.52 Å². The Morgan fingerprint density at radius 1 is 1.42 bits per heavy atom. The largest absolute Gasteiger partial charge is 0.339 e. The number of hydrogen-bond acceptors (Lipinski definition) is 6. The second-order valence-corrected chi connectivity index (χ2v) is 6.44. The molecule has 0 fully saturated rings. The second-order valence-electron chi connectivity index (χ2n) is 5.56. The smallest absolute Gasteiger partial charge is 0.228 e. The van der Waals surface area contributed by atoms with Gasteiger partial charge < -0.3 is 9.84 Å². The fourth-order valence-electron chi connectivity index (χ4n) is 1.87. The Labute approximate surface area is 117 Å². The van der Waals surface area contributed by atoms with Crippen LogP contribution in [0.15, 0.2) is 16.2 Å².